The standard InChI is InChI=1S/C11H11ClF2O/c1-11(2,6-12)10(15)7-4-3-5-8(13)9(7)14/h3-5H,6H2,1-2H3. The predicted octanol–water partition coefficient (Wildman–Crippen LogP) is 3.41. The zero-order chi connectivity index (χ0) is 11.6. The molecule has 0 saturated carbocycles. The highest BCUT2D eigenvalue weighted by Gasteiger charge is 2.30. The zero-order valence-electron chi connectivity index (χ0n) is 8.48. The third kappa shape index (κ3) is 2.34. The average Bonchev–Trinajstić information content (AvgIpc) is 2.21. The summed E-state index contributed by atoms with van der Waals surface area (Å²) in [6, 6.07) is 3.53. The van der Waals surface area contributed by atoms with E-state index in [0.717, 1.165) is 6.07 Å². The molecule has 0 fully saturated rings. The Labute approximate surface area is 92.1 Å². The fourth-order valence-corrected chi connectivity index (χ4v) is 1.23. The lowest BCUT2D eigenvalue weighted by molar-refractivity contribution is 0.0856. The normalized spacial score (nSPS) is 11.5. The van der Waals surface area contributed by atoms with Crippen molar-refractivity contribution in [3.63, 3.8) is 0 Å². The van der Waals surface area contributed by atoms with Crippen LogP contribution in [0.25, 0.3) is 0 Å². The van der Waals surface area contributed by atoms with Crippen LogP contribution < -0.4 is 0 Å². The van der Waals surface area contributed by atoms with Gasteiger partial charge in [-0.3, -0.25) is 4.79 Å². The van der Waals surface area contributed by atoms with Crippen LogP contribution in [0.4, 0.5) is 8.78 Å². The molecule has 1 nitrogen and oxygen atoms in total. The number of hydrogen-bond donors (Lipinski definition) is 0. The Balaban J connectivity index is 3.18. The Bertz CT molecular complexity index is 388. The van der Waals surface area contributed by atoms with Gasteiger partial charge in [-0.1, -0.05) is 19.9 Å². The van der Waals surface area contributed by atoms with Crippen molar-refractivity contribution in [3.8, 4) is 0 Å². The Morgan fingerprint density at radius 3 is 2.53 bits per heavy atom. The van der Waals surface area contributed by atoms with Gasteiger partial charge in [0.2, 0.25) is 0 Å². The summed E-state index contributed by atoms with van der Waals surface area (Å²) in [6.07, 6.45) is 0. The van der Waals surface area contributed by atoms with Gasteiger partial charge in [0.1, 0.15) is 0 Å². The molecule has 1 aromatic rings. The van der Waals surface area contributed by atoms with Crippen molar-refractivity contribution in [3.05, 3.63) is 35.4 Å². The summed E-state index contributed by atoms with van der Waals surface area (Å²) in [5, 5.41) is 0. The first kappa shape index (κ1) is 12.1. The largest absolute Gasteiger partial charge is 0.293 e. The first-order chi connectivity index (χ1) is 6.90. The molecule has 0 aliphatic heterocycles. The molecule has 4 heteroatoms. The van der Waals surface area contributed by atoms with Crippen molar-refractivity contribution in [1.29, 1.82) is 0 Å². The van der Waals surface area contributed by atoms with Crippen LogP contribution in [-0.4, -0.2) is 11.7 Å². The Hall–Kier alpha value is -0.960. The van der Waals surface area contributed by atoms with Gasteiger partial charge in [-0.25, -0.2) is 8.78 Å². The fraction of sp³-hybridized carbons (Fsp3) is 0.364. The Kier molecular flexibility index (Phi) is 3.45. The van der Waals surface area contributed by atoms with Gasteiger partial charge >= 0.3 is 0 Å². The molecule has 0 heterocycles. The summed E-state index contributed by atoms with van der Waals surface area (Å²) >= 11 is 5.59. The topological polar surface area (TPSA) is 17.1 Å². The van der Waals surface area contributed by atoms with Crippen molar-refractivity contribution in [2.45, 2.75) is 13.8 Å². The number of alkyl halides is 1. The molecule has 1 rings (SSSR count). The summed E-state index contributed by atoms with van der Waals surface area (Å²) in [5.74, 6) is -2.57. The number of halogens is 3. The first-order valence-corrected chi connectivity index (χ1v) is 4.98. The fourth-order valence-electron chi connectivity index (χ4n) is 1.10. The van der Waals surface area contributed by atoms with Gasteiger partial charge < -0.3 is 0 Å². The number of ketones is 1. The predicted molar refractivity (Wildman–Crippen MR) is 55.2 cm³/mol. The second-order valence-corrected chi connectivity index (χ2v) is 4.22. The summed E-state index contributed by atoms with van der Waals surface area (Å²) in [6.45, 7) is 3.18. The molecule has 0 spiro atoms. The minimum Gasteiger partial charge on any atom is -0.293 e. The van der Waals surface area contributed by atoms with E-state index in [1.807, 2.05) is 0 Å². The monoisotopic (exact) mass is 232 g/mol. The third-order valence-corrected chi connectivity index (χ3v) is 2.81. The third-order valence-electron chi connectivity index (χ3n) is 2.14. The first-order valence-electron chi connectivity index (χ1n) is 4.45. The van der Waals surface area contributed by atoms with Crippen LogP contribution in [0.15, 0.2) is 18.2 Å². The minimum absolute atomic E-state index is 0.0573. The quantitative estimate of drug-likeness (QED) is 0.577. The van der Waals surface area contributed by atoms with Crippen LogP contribution in [0, 0.1) is 17.0 Å². The maximum Gasteiger partial charge on any atom is 0.172 e. The van der Waals surface area contributed by atoms with Crippen molar-refractivity contribution in [2.24, 2.45) is 5.41 Å². The molecule has 0 N–H and O–H groups in total. The van der Waals surface area contributed by atoms with Crippen molar-refractivity contribution in [1.82, 2.24) is 0 Å². The van der Waals surface area contributed by atoms with E-state index in [9.17, 15) is 13.6 Å². The maximum absolute atomic E-state index is 13.3. The highest BCUT2D eigenvalue weighted by molar-refractivity contribution is 6.21. The van der Waals surface area contributed by atoms with Gasteiger partial charge in [-0.2, -0.15) is 0 Å². The molecule has 0 radical (unpaired) electrons. The summed E-state index contributed by atoms with van der Waals surface area (Å²) in [5.41, 5.74) is -1.14. The maximum atomic E-state index is 13.3. The van der Waals surface area contributed by atoms with E-state index in [4.69, 9.17) is 11.6 Å². The van der Waals surface area contributed by atoms with Crippen molar-refractivity contribution in [2.75, 3.05) is 5.88 Å². The van der Waals surface area contributed by atoms with Crippen molar-refractivity contribution >= 4 is 17.4 Å². The van der Waals surface area contributed by atoms with Gasteiger partial charge in [-0.05, 0) is 12.1 Å². The van der Waals surface area contributed by atoms with Crippen LogP contribution in [-0.2, 0) is 0 Å². The molecule has 0 aliphatic rings. The number of carbonyl (C=O) groups is 1. The number of benzene rings is 1. The number of Topliss-reactive ketones (excluding diaryl/α,β-unsaturated/α-hetero) is 1. The lowest BCUT2D eigenvalue weighted by Crippen LogP contribution is -2.27. The van der Waals surface area contributed by atoms with Gasteiger partial charge in [0.25, 0.3) is 0 Å². The molecule has 0 unspecified atom stereocenters. The van der Waals surface area contributed by atoms with E-state index < -0.39 is 22.8 Å². The smallest absolute Gasteiger partial charge is 0.172 e. The number of carbonyl (C=O) groups excluding carboxylic acids is 1. The van der Waals surface area contributed by atoms with Gasteiger partial charge in [0, 0.05) is 11.3 Å². The van der Waals surface area contributed by atoms with Crippen LogP contribution in [0.3, 0.4) is 0 Å². The average molecular weight is 233 g/mol. The molecule has 0 aliphatic carbocycles. The second kappa shape index (κ2) is 4.27. The lowest BCUT2D eigenvalue weighted by Gasteiger charge is -2.19. The van der Waals surface area contributed by atoms with E-state index in [1.54, 1.807) is 13.8 Å². The number of rotatable bonds is 3. The zero-order valence-corrected chi connectivity index (χ0v) is 9.24. The second-order valence-electron chi connectivity index (χ2n) is 3.95. The van der Waals surface area contributed by atoms with E-state index in [0.29, 0.717) is 0 Å². The molecule has 0 atom stereocenters. The molecule has 0 saturated heterocycles. The van der Waals surface area contributed by atoms with Gasteiger partial charge in [0.15, 0.2) is 17.4 Å². The minimum atomic E-state index is -1.11. The summed E-state index contributed by atoms with van der Waals surface area (Å²) in [4.78, 5) is 11.8. The number of hydrogen-bond acceptors (Lipinski definition) is 1. The van der Waals surface area contributed by atoms with E-state index in [-0.39, 0.29) is 11.4 Å². The molecule has 0 aromatic heterocycles. The Morgan fingerprint density at radius 2 is 2.00 bits per heavy atom. The molecular formula is C11H11ClF2O. The molecule has 15 heavy (non-hydrogen) atoms. The van der Waals surface area contributed by atoms with Gasteiger partial charge in [-0.15, -0.1) is 11.6 Å². The lowest BCUT2D eigenvalue weighted by atomic mass is 9.86. The van der Waals surface area contributed by atoms with Crippen LogP contribution in [0.1, 0.15) is 24.2 Å². The molecule has 0 bridgehead atoms. The molecular weight excluding hydrogens is 222 g/mol. The van der Waals surface area contributed by atoms with Gasteiger partial charge in [0.05, 0.1) is 5.56 Å². The SMILES string of the molecule is CC(C)(CCl)C(=O)c1cccc(F)c1F. The summed E-state index contributed by atoms with van der Waals surface area (Å²) < 4.78 is 26.2. The van der Waals surface area contributed by atoms with Crippen LogP contribution in [0.2, 0.25) is 0 Å². The van der Waals surface area contributed by atoms with E-state index >= 15 is 0 Å². The van der Waals surface area contributed by atoms with E-state index in [2.05, 4.69) is 0 Å². The summed E-state index contributed by atoms with van der Waals surface area (Å²) in [7, 11) is 0. The van der Waals surface area contributed by atoms with E-state index in [1.165, 1.54) is 12.1 Å². The highest BCUT2D eigenvalue weighted by Crippen LogP contribution is 2.25. The van der Waals surface area contributed by atoms with Crippen molar-refractivity contribution < 1.29 is 13.6 Å². The molecule has 1 aromatic carbocycles. The highest BCUT2D eigenvalue weighted by atomic mass is 35.5. The van der Waals surface area contributed by atoms with Crippen LogP contribution >= 0.6 is 11.6 Å². The molecule has 0 amide bonds. The molecule has 82 valence electrons. The van der Waals surface area contributed by atoms with Crippen LogP contribution in [0.5, 0.6) is 0 Å². The Morgan fingerprint density at radius 1 is 1.40 bits per heavy atom.